The second kappa shape index (κ2) is 2.64. The topological polar surface area (TPSA) is 46.2 Å². The van der Waals surface area contributed by atoms with Gasteiger partial charge in [-0.2, -0.15) is 0 Å². The van der Waals surface area contributed by atoms with E-state index in [1.807, 2.05) is 6.92 Å². The van der Waals surface area contributed by atoms with Crippen molar-refractivity contribution in [3.05, 3.63) is 12.2 Å². The zero-order valence-corrected chi connectivity index (χ0v) is 5.76. The van der Waals surface area contributed by atoms with E-state index in [-0.39, 0.29) is 17.7 Å². The molecular weight excluding hydrogens is 130 g/mol. The Labute approximate surface area is 59.1 Å². The number of amides is 2. The van der Waals surface area contributed by atoms with Crippen LogP contribution in [0.3, 0.4) is 0 Å². The van der Waals surface area contributed by atoms with E-state index in [1.54, 1.807) is 12.2 Å². The molecule has 0 aromatic carbocycles. The maximum absolute atomic E-state index is 10.8. The lowest BCUT2D eigenvalue weighted by Crippen LogP contribution is -2.21. The van der Waals surface area contributed by atoms with Gasteiger partial charge in [-0.25, -0.2) is 0 Å². The van der Waals surface area contributed by atoms with Gasteiger partial charge in [0.25, 0.3) is 0 Å². The normalized spacial score (nSPS) is 25.9. The van der Waals surface area contributed by atoms with Gasteiger partial charge >= 0.3 is 0 Å². The Bertz CT molecular complexity index is 196. The van der Waals surface area contributed by atoms with Crippen molar-refractivity contribution in [2.45, 2.75) is 13.3 Å². The lowest BCUT2D eigenvalue weighted by atomic mass is 10.1. The molecule has 0 bridgehead atoms. The molecule has 54 valence electrons. The first kappa shape index (κ1) is 6.99. The van der Waals surface area contributed by atoms with Gasteiger partial charge in [0.2, 0.25) is 11.8 Å². The van der Waals surface area contributed by atoms with Crippen molar-refractivity contribution in [1.29, 1.82) is 0 Å². The van der Waals surface area contributed by atoms with E-state index in [2.05, 4.69) is 5.32 Å². The van der Waals surface area contributed by atoms with Gasteiger partial charge in [-0.05, 0) is 6.92 Å². The summed E-state index contributed by atoms with van der Waals surface area (Å²) in [5.74, 6) is -0.575. The zero-order valence-electron chi connectivity index (χ0n) is 5.76. The van der Waals surface area contributed by atoms with Crippen molar-refractivity contribution in [2.75, 3.05) is 0 Å². The van der Waals surface area contributed by atoms with Crippen molar-refractivity contribution in [3.63, 3.8) is 0 Å². The molecule has 0 radical (unpaired) electrons. The zero-order chi connectivity index (χ0) is 7.56. The highest BCUT2D eigenvalue weighted by Gasteiger charge is 2.27. The molecule has 0 aromatic heterocycles. The van der Waals surface area contributed by atoms with E-state index < -0.39 is 0 Å². The van der Waals surface area contributed by atoms with Gasteiger partial charge in [0, 0.05) is 6.42 Å². The summed E-state index contributed by atoms with van der Waals surface area (Å²) in [6.07, 6.45) is 3.83. The average molecular weight is 139 g/mol. The molecule has 1 saturated heterocycles. The van der Waals surface area contributed by atoms with Crippen LogP contribution in [0.15, 0.2) is 12.2 Å². The molecule has 1 atom stereocenters. The summed E-state index contributed by atoms with van der Waals surface area (Å²) in [6, 6.07) is 0. The second-order valence-electron chi connectivity index (χ2n) is 2.25. The van der Waals surface area contributed by atoms with Gasteiger partial charge in [-0.15, -0.1) is 0 Å². The van der Waals surface area contributed by atoms with E-state index >= 15 is 0 Å². The molecule has 1 N–H and O–H groups in total. The van der Waals surface area contributed by atoms with E-state index in [0.717, 1.165) is 0 Å². The van der Waals surface area contributed by atoms with Crippen LogP contribution in [0.4, 0.5) is 0 Å². The molecule has 2 amide bonds. The summed E-state index contributed by atoms with van der Waals surface area (Å²) in [5.41, 5.74) is 0. The third-order valence-electron chi connectivity index (χ3n) is 1.43. The number of nitrogens with one attached hydrogen (secondary N) is 1. The summed E-state index contributed by atoms with van der Waals surface area (Å²) in [4.78, 5) is 21.4. The lowest BCUT2D eigenvalue weighted by Gasteiger charge is -1.93. The molecule has 3 heteroatoms. The summed E-state index contributed by atoms with van der Waals surface area (Å²) in [7, 11) is 0. The fourth-order valence-electron chi connectivity index (χ4n) is 0.961. The number of hydrogen-bond donors (Lipinski definition) is 1. The molecule has 1 rings (SSSR count). The highest BCUT2D eigenvalue weighted by molar-refractivity contribution is 6.04. The number of carbonyl (C=O) groups is 2. The van der Waals surface area contributed by atoms with E-state index in [1.165, 1.54) is 0 Å². The smallest absolute Gasteiger partial charge is 0.233 e. The monoisotopic (exact) mass is 139 g/mol. The molecular formula is C7H9NO2. The number of allylic oxidation sites excluding steroid dienone is 1. The standard InChI is InChI=1S/C7H9NO2/c1-2-3-5-4-6(9)8-7(5)10/h2-3,5H,4H2,1H3,(H,8,9,10). The minimum absolute atomic E-state index is 0.173. The molecule has 10 heavy (non-hydrogen) atoms. The Morgan fingerprint density at radius 3 is 2.70 bits per heavy atom. The predicted octanol–water partition coefficient (Wildman–Crippen LogP) is 0.225. The third kappa shape index (κ3) is 1.23. The number of rotatable bonds is 1. The number of hydrogen-bond acceptors (Lipinski definition) is 2. The van der Waals surface area contributed by atoms with E-state index in [9.17, 15) is 9.59 Å². The third-order valence-corrected chi connectivity index (χ3v) is 1.43. The Balaban J connectivity index is 2.63. The van der Waals surface area contributed by atoms with E-state index in [0.29, 0.717) is 6.42 Å². The van der Waals surface area contributed by atoms with Gasteiger partial charge in [0.15, 0.2) is 0 Å². The highest BCUT2D eigenvalue weighted by Crippen LogP contribution is 2.11. The SMILES string of the molecule is CC=CC1CC(=O)NC1=O. The fraction of sp³-hybridized carbons (Fsp3) is 0.429. The molecule has 0 aliphatic carbocycles. The van der Waals surface area contributed by atoms with Crippen LogP contribution in [0.2, 0.25) is 0 Å². The van der Waals surface area contributed by atoms with Crippen LogP contribution in [0.25, 0.3) is 0 Å². The summed E-state index contributed by atoms with van der Waals surface area (Å²) >= 11 is 0. The maximum Gasteiger partial charge on any atom is 0.233 e. The van der Waals surface area contributed by atoms with Crippen molar-refractivity contribution in [3.8, 4) is 0 Å². The van der Waals surface area contributed by atoms with Crippen molar-refractivity contribution >= 4 is 11.8 Å². The Morgan fingerprint density at radius 1 is 1.60 bits per heavy atom. The molecule has 0 aromatic rings. The van der Waals surface area contributed by atoms with Gasteiger partial charge in [0.1, 0.15) is 0 Å². The molecule has 1 fully saturated rings. The second-order valence-corrected chi connectivity index (χ2v) is 2.25. The molecule has 1 heterocycles. The summed E-state index contributed by atoms with van der Waals surface area (Å²) in [5, 5.41) is 2.22. The van der Waals surface area contributed by atoms with Crippen LogP contribution in [0.5, 0.6) is 0 Å². The minimum atomic E-state index is -0.225. The first-order valence-corrected chi connectivity index (χ1v) is 3.20. The van der Waals surface area contributed by atoms with Gasteiger partial charge in [-0.1, -0.05) is 12.2 Å². The molecule has 1 aliphatic rings. The molecule has 1 unspecified atom stereocenters. The number of imide groups is 1. The predicted molar refractivity (Wildman–Crippen MR) is 36.1 cm³/mol. The molecule has 1 aliphatic heterocycles. The summed E-state index contributed by atoms with van der Waals surface area (Å²) in [6.45, 7) is 1.83. The number of carbonyl (C=O) groups excluding carboxylic acids is 2. The summed E-state index contributed by atoms with van der Waals surface area (Å²) < 4.78 is 0. The lowest BCUT2D eigenvalue weighted by molar-refractivity contribution is -0.125. The van der Waals surface area contributed by atoms with Crippen LogP contribution in [-0.2, 0) is 9.59 Å². The first-order valence-electron chi connectivity index (χ1n) is 3.20. The van der Waals surface area contributed by atoms with Crippen LogP contribution in [-0.4, -0.2) is 11.8 Å². The van der Waals surface area contributed by atoms with Crippen molar-refractivity contribution in [1.82, 2.24) is 5.32 Å². The van der Waals surface area contributed by atoms with Crippen molar-refractivity contribution < 1.29 is 9.59 Å². The molecule has 3 nitrogen and oxygen atoms in total. The Kier molecular flexibility index (Phi) is 1.85. The van der Waals surface area contributed by atoms with Crippen LogP contribution < -0.4 is 5.32 Å². The van der Waals surface area contributed by atoms with Crippen LogP contribution >= 0.6 is 0 Å². The molecule has 0 spiro atoms. The maximum atomic E-state index is 10.8. The quantitative estimate of drug-likeness (QED) is 0.417. The van der Waals surface area contributed by atoms with Crippen LogP contribution in [0, 0.1) is 5.92 Å². The molecule has 0 saturated carbocycles. The minimum Gasteiger partial charge on any atom is -0.296 e. The Hall–Kier alpha value is -1.12. The highest BCUT2D eigenvalue weighted by atomic mass is 16.2. The van der Waals surface area contributed by atoms with E-state index in [4.69, 9.17) is 0 Å². The first-order chi connectivity index (χ1) is 4.74. The largest absolute Gasteiger partial charge is 0.296 e. The average Bonchev–Trinajstić information content (AvgIpc) is 2.13. The van der Waals surface area contributed by atoms with Gasteiger partial charge in [-0.3, -0.25) is 14.9 Å². The fourth-order valence-corrected chi connectivity index (χ4v) is 0.961. The van der Waals surface area contributed by atoms with Gasteiger partial charge < -0.3 is 0 Å². The Morgan fingerprint density at radius 2 is 2.30 bits per heavy atom. The van der Waals surface area contributed by atoms with Gasteiger partial charge in [0.05, 0.1) is 5.92 Å². The van der Waals surface area contributed by atoms with Crippen LogP contribution in [0.1, 0.15) is 13.3 Å². The van der Waals surface area contributed by atoms with Crippen molar-refractivity contribution in [2.24, 2.45) is 5.92 Å².